The molecule has 5 rings (SSSR count). The van der Waals surface area contributed by atoms with Crippen LogP contribution in [0.4, 0.5) is 10.5 Å². The number of amides is 1. The van der Waals surface area contributed by atoms with E-state index in [0.717, 1.165) is 28.0 Å². The molecule has 2 aromatic heterocycles. The third-order valence-electron chi connectivity index (χ3n) is 6.68. The molecule has 9 nitrogen and oxygen atoms in total. The SMILES string of the molecule is COc1ccc(Cn2nc(OC)c3c(N4CCN(C(=O)OC(C)(C)C)CC4)c(C4CC4)cnc32)cc1. The molecule has 1 aliphatic carbocycles. The zero-order valence-electron chi connectivity index (χ0n) is 21.8. The molecule has 0 atom stereocenters. The van der Waals surface area contributed by atoms with Crippen LogP contribution >= 0.6 is 0 Å². The van der Waals surface area contributed by atoms with Crippen LogP contribution in [0.25, 0.3) is 11.0 Å². The molecule has 1 amide bonds. The molecule has 2 aliphatic rings. The maximum absolute atomic E-state index is 12.6. The molecule has 3 heterocycles. The van der Waals surface area contributed by atoms with Crippen molar-refractivity contribution in [3.63, 3.8) is 0 Å². The van der Waals surface area contributed by atoms with Crippen molar-refractivity contribution in [3.05, 3.63) is 41.6 Å². The zero-order valence-corrected chi connectivity index (χ0v) is 21.8. The second-order valence-corrected chi connectivity index (χ2v) is 10.5. The first kappa shape index (κ1) is 24.2. The Morgan fingerprint density at radius 3 is 2.31 bits per heavy atom. The molecule has 0 unspecified atom stereocenters. The van der Waals surface area contributed by atoms with E-state index in [2.05, 4.69) is 4.90 Å². The van der Waals surface area contributed by atoms with Crippen molar-refractivity contribution in [2.24, 2.45) is 0 Å². The lowest BCUT2D eigenvalue weighted by molar-refractivity contribution is 0.0240. The van der Waals surface area contributed by atoms with Crippen molar-refractivity contribution in [3.8, 4) is 11.6 Å². The van der Waals surface area contributed by atoms with Gasteiger partial charge in [-0.15, -0.1) is 5.10 Å². The Morgan fingerprint density at radius 2 is 1.72 bits per heavy atom. The predicted octanol–water partition coefficient (Wildman–Crippen LogP) is 4.43. The second-order valence-electron chi connectivity index (χ2n) is 10.5. The van der Waals surface area contributed by atoms with Gasteiger partial charge in [-0.25, -0.2) is 14.5 Å². The summed E-state index contributed by atoms with van der Waals surface area (Å²) in [5.74, 6) is 1.91. The fourth-order valence-electron chi connectivity index (χ4n) is 4.74. The summed E-state index contributed by atoms with van der Waals surface area (Å²) in [5.41, 5.74) is 3.79. The van der Waals surface area contributed by atoms with Crippen molar-refractivity contribution in [2.75, 3.05) is 45.3 Å². The van der Waals surface area contributed by atoms with Crippen molar-refractivity contribution in [1.82, 2.24) is 19.7 Å². The average molecular weight is 494 g/mol. The van der Waals surface area contributed by atoms with Gasteiger partial charge in [0.1, 0.15) is 16.7 Å². The lowest BCUT2D eigenvalue weighted by Gasteiger charge is -2.37. The number of carbonyl (C=O) groups excluding carboxylic acids is 1. The molecule has 0 bridgehead atoms. The van der Waals surface area contributed by atoms with Crippen LogP contribution in [0, 0.1) is 0 Å². The lowest BCUT2D eigenvalue weighted by Crippen LogP contribution is -2.50. The zero-order chi connectivity index (χ0) is 25.4. The van der Waals surface area contributed by atoms with Gasteiger partial charge in [0, 0.05) is 32.4 Å². The van der Waals surface area contributed by atoms with Crippen LogP contribution in [0.1, 0.15) is 50.7 Å². The van der Waals surface area contributed by atoms with Gasteiger partial charge >= 0.3 is 6.09 Å². The Bertz CT molecular complexity index is 1240. The Kier molecular flexibility index (Phi) is 6.40. The number of rotatable bonds is 6. The fourth-order valence-corrected chi connectivity index (χ4v) is 4.74. The van der Waals surface area contributed by atoms with Crippen molar-refractivity contribution in [1.29, 1.82) is 0 Å². The maximum atomic E-state index is 12.6. The number of methoxy groups -OCH3 is 2. The van der Waals surface area contributed by atoms with Crippen molar-refractivity contribution in [2.45, 2.75) is 51.7 Å². The van der Waals surface area contributed by atoms with Crippen molar-refractivity contribution < 1.29 is 19.0 Å². The predicted molar refractivity (Wildman–Crippen MR) is 138 cm³/mol. The summed E-state index contributed by atoms with van der Waals surface area (Å²) in [5, 5.41) is 5.74. The van der Waals surface area contributed by atoms with E-state index >= 15 is 0 Å². The third kappa shape index (κ3) is 4.92. The van der Waals surface area contributed by atoms with Gasteiger partial charge in [0.25, 0.3) is 0 Å². The Morgan fingerprint density at radius 1 is 1.03 bits per heavy atom. The molecular formula is C27H35N5O4. The molecule has 0 spiro atoms. The molecule has 1 aromatic carbocycles. The van der Waals surface area contributed by atoms with Gasteiger partial charge in [0.2, 0.25) is 5.88 Å². The van der Waals surface area contributed by atoms with Gasteiger partial charge in [0.15, 0.2) is 5.65 Å². The van der Waals surface area contributed by atoms with Crippen LogP contribution in [-0.4, -0.2) is 71.8 Å². The number of carbonyl (C=O) groups is 1. The Labute approximate surface area is 211 Å². The minimum atomic E-state index is -0.504. The molecule has 192 valence electrons. The summed E-state index contributed by atoms with van der Waals surface area (Å²) in [7, 11) is 3.32. The Balaban J connectivity index is 1.46. The third-order valence-corrected chi connectivity index (χ3v) is 6.68. The smallest absolute Gasteiger partial charge is 0.410 e. The number of piperazine rings is 1. The molecule has 3 aromatic rings. The number of ether oxygens (including phenoxy) is 3. The molecule has 0 radical (unpaired) electrons. The number of aromatic nitrogens is 3. The van der Waals surface area contributed by atoms with Gasteiger partial charge in [-0.2, -0.15) is 0 Å². The summed E-state index contributed by atoms with van der Waals surface area (Å²) < 4.78 is 18.6. The number of fused-ring (bicyclic) bond motifs is 1. The Hall–Kier alpha value is -3.49. The highest BCUT2D eigenvalue weighted by molar-refractivity contribution is 5.96. The normalized spacial score (nSPS) is 16.4. The van der Waals surface area contributed by atoms with E-state index in [9.17, 15) is 4.79 Å². The van der Waals surface area contributed by atoms with E-state index in [1.165, 1.54) is 18.4 Å². The summed E-state index contributed by atoms with van der Waals surface area (Å²) in [6.45, 7) is 8.89. The van der Waals surface area contributed by atoms with E-state index in [4.69, 9.17) is 24.3 Å². The van der Waals surface area contributed by atoms with Crippen LogP contribution in [0.2, 0.25) is 0 Å². The first-order chi connectivity index (χ1) is 17.3. The van der Waals surface area contributed by atoms with Gasteiger partial charge in [0.05, 0.1) is 26.5 Å². The summed E-state index contributed by atoms with van der Waals surface area (Å²) in [6.07, 6.45) is 4.09. The van der Waals surface area contributed by atoms with Gasteiger partial charge in [-0.1, -0.05) is 12.1 Å². The minimum Gasteiger partial charge on any atom is -0.497 e. The van der Waals surface area contributed by atoms with Crippen molar-refractivity contribution >= 4 is 22.8 Å². The van der Waals surface area contributed by atoms with E-state index in [1.54, 1.807) is 19.1 Å². The van der Waals surface area contributed by atoms with E-state index < -0.39 is 5.60 Å². The molecule has 9 heteroatoms. The van der Waals surface area contributed by atoms with Crippen LogP contribution in [-0.2, 0) is 11.3 Å². The highest BCUT2D eigenvalue weighted by Crippen LogP contribution is 2.48. The van der Waals surface area contributed by atoms with Gasteiger partial charge < -0.3 is 24.0 Å². The quantitative estimate of drug-likeness (QED) is 0.502. The van der Waals surface area contributed by atoms with E-state index in [-0.39, 0.29) is 6.09 Å². The molecule has 1 saturated heterocycles. The molecule has 2 fully saturated rings. The number of benzene rings is 1. The molecular weight excluding hydrogens is 458 g/mol. The van der Waals surface area contributed by atoms with Gasteiger partial charge in [-0.05, 0) is 62.8 Å². The number of anilines is 1. The summed E-state index contributed by atoms with van der Waals surface area (Å²) in [4.78, 5) is 21.6. The molecule has 1 aliphatic heterocycles. The van der Waals surface area contributed by atoms with Crippen LogP contribution in [0.5, 0.6) is 11.6 Å². The van der Waals surface area contributed by atoms with E-state index in [0.29, 0.717) is 44.5 Å². The van der Waals surface area contributed by atoms with Crippen LogP contribution in [0.3, 0.4) is 0 Å². The molecule has 36 heavy (non-hydrogen) atoms. The minimum absolute atomic E-state index is 0.255. The number of hydrogen-bond donors (Lipinski definition) is 0. The van der Waals surface area contributed by atoms with Crippen LogP contribution in [0.15, 0.2) is 30.5 Å². The van der Waals surface area contributed by atoms with E-state index in [1.807, 2.05) is 55.9 Å². The first-order valence-electron chi connectivity index (χ1n) is 12.6. The topological polar surface area (TPSA) is 82.0 Å². The highest BCUT2D eigenvalue weighted by Gasteiger charge is 2.34. The summed E-state index contributed by atoms with van der Waals surface area (Å²) >= 11 is 0. The largest absolute Gasteiger partial charge is 0.497 e. The lowest BCUT2D eigenvalue weighted by atomic mass is 10.1. The standard InChI is InChI=1S/C27H35N5O4/c1-27(2,3)36-26(33)31-14-12-30(13-15-31)23-21(19-8-9-19)16-28-24-22(23)25(35-5)29-32(24)17-18-6-10-20(34-4)11-7-18/h6-7,10-11,16,19H,8-9,12-15,17H2,1-5H3. The maximum Gasteiger partial charge on any atom is 0.410 e. The molecule has 0 N–H and O–H groups in total. The highest BCUT2D eigenvalue weighted by atomic mass is 16.6. The summed E-state index contributed by atoms with van der Waals surface area (Å²) in [6, 6.07) is 7.97. The van der Waals surface area contributed by atoms with Crippen LogP contribution < -0.4 is 14.4 Å². The number of nitrogens with zero attached hydrogens (tertiary/aromatic N) is 5. The fraction of sp³-hybridized carbons (Fsp3) is 0.519. The number of pyridine rings is 1. The second kappa shape index (κ2) is 9.52. The monoisotopic (exact) mass is 493 g/mol. The number of hydrogen-bond acceptors (Lipinski definition) is 7. The molecule has 1 saturated carbocycles. The first-order valence-corrected chi connectivity index (χ1v) is 12.6. The van der Waals surface area contributed by atoms with Gasteiger partial charge in [-0.3, -0.25) is 0 Å². The average Bonchev–Trinajstić information content (AvgIpc) is 3.65.